The van der Waals surface area contributed by atoms with Crippen LogP contribution in [0.25, 0.3) is 0 Å². The summed E-state index contributed by atoms with van der Waals surface area (Å²) in [4.78, 5) is 13.4. The summed E-state index contributed by atoms with van der Waals surface area (Å²) >= 11 is 5.92. The van der Waals surface area contributed by atoms with E-state index in [0.717, 1.165) is 0 Å². The molecule has 0 saturated carbocycles. The summed E-state index contributed by atoms with van der Waals surface area (Å²) in [7, 11) is 0. The standard InChI is InChI=1S/C14H17ClFNO2/c1-2-14(13(18)19)6-7-17(9-14)8-10-4-3-5-11(16)12(10)15/h3-5H,2,6-9H2,1H3,(H,18,19). The van der Waals surface area contributed by atoms with Crippen LogP contribution in [0.4, 0.5) is 4.39 Å². The summed E-state index contributed by atoms with van der Waals surface area (Å²) in [5.74, 6) is -1.18. The molecule has 0 aliphatic carbocycles. The summed E-state index contributed by atoms with van der Waals surface area (Å²) in [5.41, 5.74) is 0.0405. The zero-order valence-corrected chi connectivity index (χ0v) is 11.6. The van der Waals surface area contributed by atoms with E-state index in [2.05, 4.69) is 0 Å². The molecular weight excluding hydrogens is 269 g/mol. The van der Waals surface area contributed by atoms with Gasteiger partial charge in [-0.25, -0.2) is 4.39 Å². The Hall–Kier alpha value is -1.13. The highest BCUT2D eigenvalue weighted by Crippen LogP contribution is 2.35. The molecule has 1 aliphatic heterocycles. The fourth-order valence-corrected chi connectivity index (χ4v) is 2.80. The second kappa shape index (κ2) is 5.47. The van der Waals surface area contributed by atoms with Crippen LogP contribution in [0.3, 0.4) is 0 Å². The molecule has 1 aromatic carbocycles. The highest BCUT2D eigenvalue weighted by atomic mass is 35.5. The molecule has 1 N–H and O–H groups in total. The number of hydrogen-bond donors (Lipinski definition) is 1. The zero-order chi connectivity index (χ0) is 14.0. The SMILES string of the molecule is CCC1(C(=O)O)CCN(Cc2cccc(F)c2Cl)C1. The lowest BCUT2D eigenvalue weighted by Crippen LogP contribution is -2.33. The topological polar surface area (TPSA) is 40.5 Å². The van der Waals surface area contributed by atoms with Crippen molar-refractivity contribution in [2.24, 2.45) is 5.41 Å². The third-order valence-electron chi connectivity index (χ3n) is 3.99. The maximum absolute atomic E-state index is 13.4. The van der Waals surface area contributed by atoms with Crippen LogP contribution < -0.4 is 0 Å². The van der Waals surface area contributed by atoms with Gasteiger partial charge in [0.1, 0.15) is 5.82 Å². The molecule has 0 radical (unpaired) electrons. The van der Waals surface area contributed by atoms with Crippen LogP contribution in [0.1, 0.15) is 25.3 Å². The molecule has 1 aromatic rings. The minimum atomic E-state index is -0.747. The van der Waals surface area contributed by atoms with Gasteiger partial charge in [-0.1, -0.05) is 30.7 Å². The number of carbonyl (C=O) groups is 1. The van der Waals surface area contributed by atoms with Gasteiger partial charge in [-0.15, -0.1) is 0 Å². The van der Waals surface area contributed by atoms with E-state index in [0.29, 0.717) is 38.0 Å². The number of benzene rings is 1. The third kappa shape index (κ3) is 2.74. The molecule has 1 heterocycles. The quantitative estimate of drug-likeness (QED) is 0.924. The van der Waals surface area contributed by atoms with Crippen molar-refractivity contribution in [2.45, 2.75) is 26.3 Å². The molecule has 3 nitrogen and oxygen atoms in total. The van der Waals surface area contributed by atoms with Crippen molar-refractivity contribution < 1.29 is 14.3 Å². The third-order valence-corrected chi connectivity index (χ3v) is 4.41. The molecule has 104 valence electrons. The van der Waals surface area contributed by atoms with E-state index in [-0.39, 0.29) is 5.02 Å². The minimum Gasteiger partial charge on any atom is -0.481 e. The fourth-order valence-electron chi connectivity index (χ4n) is 2.62. The van der Waals surface area contributed by atoms with Crippen molar-refractivity contribution in [2.75, 3.05) is 13.1 Å². The van der Waals surface area contributed by atoms with Crippen LogP contribution in [0.2, 0.25) is 5.02 Å². The molecule has 1 fully saturated rings. The molecule has 2 rings (SSSR count). The average molecular weight is 286 g/mol. The van der Waals surface area contributed by atoms with Crippen molar-refractivity contribution in [3.8, 4) is 0 Å². The Bertz CT molecular complexity index is 494. The lowest BCUT2D eigenvalue weighted by Gasteiger charge is -2.23. The van der Waals surface area contributed by atoms with Crippen LogP contribution >= 0.6 is 11.6 Å². The Morgan fingerprint density at radius 2 is 2.32 bits per heavy atom. The van der Waals surface area contributed by atoms with Gasteiger partial charge in [0.2, 0.25) is 0 Å². The Kier molecular flexibility index (Phi) is 4.11. The van der Waals surface area contributed by atoms with E-state index >= 15 is 0 Å². The summed E-state index contributed by atoms with van der Waals surface area (Å²) in [6, 6.07) is 4.72. The van der Waals surface area contributed by atoms with Gasteiger partial charge in [-0.3, -0.25) is 9.69 Å². The summed E-state index contributed by atoms with van der Waals surface area (Å²) in [5, 5.41) is 9.46. The van der Waals surface area contributed by atoms with Crippen molar-refractivity contribution in [3.63, 3.8) is 0 Å². The Balaban J connectivity index is 2.10. The van der Waals surface area contributed by atoms with E-state index in [1.807, 2.05) is 11.8 Å². The van der Waals surface area contributed by atoms with Gasteiger partial charge in [0.15, 0.2) is 0 Å². The smallest absolute Gasteiger partial charge is 0.310 e. The fraction of sp³-hybridized carbons (Fsp3) is 0.500. The van der Waals surface area contributed by atoms with Crippen LogP contribution in [0.15, 0.2) is 18.2 Å². The largest absolute Gasteiger partial charge is 0.481 e. The molecular formula is C14H17ClFNO2. The number of halogens is 2. The minimum absolute atomic E-state index is 0.131. The number of aliphatic carboxylic acids is 1. The maximum Gasteiger partial charge on any atom is 0.310 e. The molecule has 1 saturated heterocycles. The number of carboxylic acids is 1. The summed E-state index contributed by atoms with van der Waals surface area (Å²) in [6.45, 7) is 3.58. The zero-order valence-electron chi connectivity index (χ0n) is 10.8. The second-order valence-electron chi connectivity index (χ2n) is 5.11. The molecule has 19 heavy (non-hydrogen) atoms. The first kappa shape index (κ1) is 14.3. The molecule has 0 bridgehead atoms. The van der Waals surface area contributed by atoms with Crippen molar-refractivity contribution in [1.82, 2.24) is 4.90 Å². The van der Waals surface area contributed by atoms with Gasteiger partial charge < -0.3 is 5.11 Å². The number of carboxylic acid groups (broad SMARTS) is 1. The normalized spacial score (nSPS) is 23.7. The molecule has 1 aliphatic rings. The van der Waals surface area contributed by atoms with Crippen molar-refractivity contribution in [3.05, 3.63) is 34.6 Å². The number of hydrogen-bond acceptors (Lipinski definition) is 2. The van der Waals surface area contributed by atoms with Crippen LogP contribution in [0, 0.1) is 11.2 Å². The van der Waals surface area contributed by atoms with Gasteiger partial charge >= 0.3 is 5.97 Å². The monoisotopic (exact) mass is 285 g/mol. The van der Waals surface area contributed by atoms with Crippen molar-refractivity contribution in [1.29, 1.82) is 0 Å². The van der Waals surface area contributed by atoms with Gasteiger partial charge in [-0.05, 0) is 31.0 Å². The van der Waals surface area contributed by atoms with Gasteiger partial charge in [0.05, 0.1) is 10.4 Å². The van der Waals surface area contributed by atoms with E-state index < -0.39 is 17.2 Å². The van der Waals surface area contributed by atoms with Gasteiger partial charge in [0, 0.05) is 13.1 Å². The van der Waals surface area contributed by atoms with E-state index in [9.17, 15) is 14.3 Å². The molecule has 0 amide bonds. The molecule has 0 aromatic heterocycles. The Morgan fingerprint density at radius 1 is 1.58 bits per heavy atom. The highest BCUT2D eigenvalue weighted by molar-refractivity contribution is 6.31. The lowest BCUT2D eigenvalue weighted by molar-refractivity contribution is -0.148. The summed E-state index contributed by atoms with van der Waals surface area (Å²) < 4.78 is 13.4. The summed E-state index contributed by atoms with van der Waals surface area (Å²) in [6.07, 6.45) is 1.24. The van der Waals surface area contributed by atoms with E-state index in [1.54, 1.807) is 12.1 Å². The first-order valence-electron chi connectivity index (χ1n) is 6.37. The lowest BCUT2D eigenvalue weighted by atomic mass is 9.84. The van der Waals surface area contributed by atoms with Crippen LogP contribution in [0.5, 0.6) is 0 Å². The maximum atomic E-state index is 13.4. The Labute approximate surface area is 117 Å². The van der Waals surface area contributed by atoms with Crippen molar-refractivity contribution >= 4 is 17.6 Å². The first-order chi connectivity index (χ1) is 8.98. The van der Waals surface area contributed by atoms with Crippen LogP contribution in [-0.2, 0) is 11.3 Å². The first-order valence-corrected chi connectivity index (χ1v) is 6.75. The van der Waals surface area contributed by atoms with E-state index in [1.165, 1.54) is 6.07 Å². The highest BCUT2D eigenvalue weighted by Gasteiger charge is 2.43. The second-order valence-corrected chi connectivity index (χ2v) is 5.49. The average Bonchev–Trinajstić information content (AvgIpc) is 2.80. The molecule has 1 unspecified atom stereocenters. The predicted molar refractivity (Wildman–Crippen MR) is 71.7 cm³/mol. The number of likely N-dealkylation sites (tertiary alicyclic amines) is 1. The molecule has 1 atom stereocenters. The number of nitrogens with zero attached hydrogens (tertiary/aromatic N) is 1. The van der Waals surface area contributed by atoms with Gasteiger partial charge in [-0.2, -0.15) is 0 Å². The number of rotatable bonds is 4. The van der Waals surface area contributed by atoms with Crippen LogP contribution in [-0.4, -0.2) is 29.1 Å². The van der Waals surface area contributed by atoms with Gasteiger partial charge in [0.25, 0.3) is 0 Å². The molecule has 5 heteroatoms. The van der Waals surface area contributed by atoms with E-state index in [4.69, 9.17) is 11.6 Å². The molecule has 0 spiro atoms. The Morgan fingerprint density at radius 3 is 2.89 bits per heavy atom. The predicted octanol–water partition coefficient (Wildman–Crippen LogP) is 3.17.